The zero-order valence-corrected chi connectivity index (χ0v) is 23.9. The molecule has 4 rings (SSSR count). The number of carboxylic acids is 1. The van der Waals surface area contributed by atoms with Crippen LogP contribution in [0.2, 0.25) is 5.02 Å². The molecule has 0 saturated heterocycles. The van der Waals surface area contributed by atoms with Crippen molar-refractivity contribution in [2.45, 2.75) is 52.5 Å². The molecule has 1 N–H and O–H groups in total. The molecule has 1 aromatic heterocycles. The minimum absolute atomic E-state index is 0.0227. The standard InChI is InChI=1S/C31H34ClN3O5/c1-5-34(23-13-11-22(32)12-14-23)29(37)25-18-20(2)35(26-9-7-6-8-24(25)26)28(36)21-10-15-27(33-19-21)40-17-16-31(3,4)30(38)39/h6-15,19-20,25H,5,16-18H2,1-4H3,(H,38,39)/t20-,25-/m0/s1. The number of likely N-dealkylation sites (N-methyl/N-ethyl adjacent to an activating group) is 1. The van der Waals surface area contributed by atoms with E-state index in [0.29, 0.717) is 41.5 Å². The maximum absolute atomic E-state index is 13.8. The lowest BCUT2D eigenvalue weighted by atomic mass is 9.84. The average Bonchev–Trinajstić information content (AvgIpc) is 2.94. The molecule has 2 heterocycles. The van der Waals surface area contributed by atoms with Gasteiger partial charge in [-0.2, -0.15) is 0 Å². The number of ether oxygens (including phenoxy) is 1. The molecule has 0 saturated carbocycles. The summed E-state index contributed by atoms with van der Waals surface area (Å²) in [6, 6.07) is 17.8. The van der Waals surface area contributed by atoms with Crippen LogP contribution in [0.5, 0.6) is 5.88 Å². The van der Waals surface area contributed by atoms with Crippen molar-refractivity contribution < 1.29 is 24.2 Å². The fraction of sp³-hybridized carbons (Fsp3) is 0.355. The van der Waals surface area contributed by atoms with E-state index in [2.05, 4.69) is 4.98 Å². The second kappa shape index (κ2) is 12.1. The third-order valence-electron chi connectivity index (χ3n) is 7.37. The molecule has 2 aromatic carbocycles. The van der Waals surface area contributed by atoms with E-state index in [9.17, 15) is 19.5 Å². The van der Waals surface area contributed by atoms with Crippen LogP contribution >= 0.6 is 11.6 Å². The van der Waals surface area contributed by atoms with Gasteiger partial charge in [-0.1, -0.05) is 29.8 Å². The summed E-state index contributed by atoms with van der Waals surface area (Å²) < 4.78 is 5.62. The summed E-state index contributed by atoms with van der Waals surface area (Å²) in [4.78, 5) is 46.6. The predicted molar refractivity (Wildman–Crippen MR) is 155 cm³/mol. The number of aromatic nitrogens is 1. The van der Waals surface area contributed by atoms with Gasteiger partial charge in [0, 0.05) is 41.2 Å². The second-order valence-electron chi connectivity index (χ2n) is 10.6. The molecule has 0 spiro atoms. The molecule has 2 atom stereocenters. The van der Waals surface area contributed by atoms with E-state index in [4.69, 9.17) is 16.3 Å². The van der Waals surface area contributed by atoms with Gasteiger partial charge in [0.2, 0.25) is 11.8 Å². The van der Waals surface area contributed by atoms with Crippen LogP contribution in [-0.2, 0) is 9.59 Å². The van der Waals surface area contributed by atoms with Gasteiger partial charge in [0.25, 0.3) is 5.91 Å². The van der Waals surface area contributed by atoms with Crippen molar-refractivity contribution in [3.8, 4) is 5.88 Å². The number of carbonyl (C=O) groups excluding carboxylic acids is 2. The largest absolute Gasteiger partial charge is 0.481 e. The van der Waals surface area contributed by atoms with E-state index >= 15 is 0 Å². The number of para-hydroxylation sites is 1. The molecule has 0 unspecified atom stereocenters. The Morgan fingerprint density at radius 3 is 2.42 bits per heavy atom. The summed E-state index contributed by atoms with van der Waals surface area (Å²) in [6.45, 7) is 7.86. The number of carboxylic acid groups (broad SMARTS) is 1. The first-order chi connectivity index (χ1) is 19.0. The number of halogens is 1. The highest BCUT2D eigenvalue weighted by molar-refractivity contribution is 6.30. The first-order valence-electron chi connectivity index (χ1n) is 13.3. The maximum Gasteiger partial charge on any atom is 0.309 e. The number of rotatable bonds is 9. The van der Waals surface area contributed by atoms with Crippen LogP contribution in [0.25, 0.3) is 0 Å². The van der Waals surface area contributed by atoms with Crippen molar-refractivity contribution >= 4 is 40.8 Å². The van der Waals surface area contributed by atoms with E-state index in [1.165, 1.54) is 6.20 Å². The summed E-state index contributed by atoms with van der Waals surface area (Å²) in [5.74, 6) is -1.23. The number of amides is 2. The SMILES string of the molecule is CCN(C(=O)[C@H]1C[C@H](C)N(C(=O)c2ccc(OCCC(C)(C)C(=O)O)nc2)c2ccccc21)c1ccc(Cl)cc1. The van der Waals surface area contributed by atoms with Gasteiger partial charge >= 0.3 is 5.97 Å². The summed E-state index contributed by atoms with van der Waals surface area (Å²) >= 11 is 6.06. The number of anilines is 2. The Hall–Kier alpha value is -3.91. The van der Waals surface area contributed by atoms with Crippen molar-refractivity contribution in [3.63, 3.8) is 0 Å². The smallest absolute Gasteiger partial charge is 0.309 e. The lowest BCUT2D eigenvalue weighted by Gasteiger charge is -2.40. The topological polar surface area (TPSA) is 100 Å². The molecule has 40 heavy (non-hydrogen) atoms. The molecule has 210 valence electrons. The number of benzene rings is 2. The van der Waals surface area contributed by atoms with Crippen LogP contribution in [0, 0.1) is 5.41 Å². The Balaban J connectivity index is 1.53. The highest BCUT2D eigenvalue weighted by atomic mass is 35.5. The highest BCUT2D eigenvalue weighted by Crippen LogP contribution is 2.41. The Morgan fingerprint density at radius 2 is 1.80 bits per heavy atom. The van der Waals surface area contributed by atoms with Gasteiger partial charge in [0.1, 0.15) is 0 Å². The molecule has 0 fully saturated rings. The lowest BCUT2D eigenvalue weighted by Crippen LogP contribution is -2.46. The van der Waals surface area contributed by atoms with Gasteiger partial charge in [-0.3, -0.25) is 14.4 Å². The van der Waals surface area contributed by atoms with E-state index in [0.717, 1.165) is 11.3 Å². The molecule has 1 aliphatic rings. The Labute approximate surface area is 239 Å². The molecule has 8 nitrogen and oxygen atoms in total. The monoisotopic (exact) mass is 563 g/mol. The van der Waals surface area contributed by atoms with Crippen LogP contribution in [-0.4, -0.2) is 47.1 Å². The number of hydrogen-bond acceptors (Lipinski definition) is 5. The summed E-state index contributed by atoms with van der Waals surface area (Å²) in [6.07, 6.45) is 2.26. The number of carbonyl (C=O) groups is 3. The predicted octanol–water partition coefficient (Wildman–Crippen LogP) is 6.19. The van der Waals surface area contributed by atoms with Gasteiger partial charge in [0.05, 0.1) is 23.5 Å². The Kier molecular flexibility index (Phi) is 8.79. The molecular formula is C31H34ClN3O5. The second-order valence-corrected chi connectivity index (χ2v) is 11.0. The Bertz CT molecular complexity index is 1370. The molecule has 0 radical (unpaired) electrons. The summed E-state index contributed by atoms with van der Waals surface area (Å²) in [5.41, 5.74) is 1.77. The van der Waals surface area contributed by atoms with E-state index in [-0.39, 0.29) is 24.5 Å². The average molecular weight is 564 g/mol. The fourth-order valence-corrected chi connectivity index (χ4v) is 5.01. The zero-order chi connectivity index (χ0) is 29.0. The summed E-state index contributed by atoms with van der Waals surface area (Å²) in [7, 11) is 0. The van der Waals surface area contributed by atoms with E-state index in [1.54, 1.807) is 47.9 Å². The van der Waals surface area contributed by atoms with Crippen molar-refractivity contribution in [1.82, 2.24) is 4.98 Å². The van der Waals surface area contributed by atoms with Crippen LogP contribution in [0.15, 0.2) is 66.9 Å². The normalized spacial score (nSPS) is 16.7. The van der Waals surface area contributed by atoms with Gasteiger partial charge in [-0.05, 0) is 82.5 Å². The molecule has 3 aromatic rings. The van der Waals surface area contributed by atoms with Gasteiger partial charge < -0.3 is 19.6 Å². The Morgan fingerprint density at radius 1 is 1.10 bits per heavy atom. The fourth-order valence-electron chi connectivity index (χ4n) is 4.88. The third kappa shape index (κ3) is 6.12. The first kappa shape index (κ1) is 29.1. The zero-order valence-electron chi connectivity index (χ0n) is 23.1. The molecule has 0 aliphatic carbocycles. The molecule has 1 aliphatic heterocycles. The van der Waals surface area contributed by atoms with E-state index in [1.807, 2.05) is 50.2 Å². The van der Waals surface area contributed by atoms with Crippen molar-refractivity contribution in [3.05, 3.63) is 83.0 Å². The van der Waals surface area contributed by atoms with Crippen LogP contribution in [0.1, 0.15) is 62.4 Å². The van der Waals surface area contributed by atoms with Gasteiger partial charge in [-0.15, -0.1) is 0 Å². The third-order valence-corrected chi connectivity index (χ3v) is 7.62. The van der Waals surface area contributed by atoms with E-state index < -0.39 is 17.3 Å². The number of fused-ring (bicyclic) bond motifs is 1. The van der Waals surface area contributed by atoms with Crippen LogP contribution in [0.3, 0.4) is 0 Å². The molecule has 2 amide bonds. The number of nitrogens with zero attached hydrogens (tertiary/aromatic N) is 3. The maximum atomic E-state index is 13.8. The van der Waals surface area contributed by atoms with Crippen molar-refractivity contribution in [1.29, 1.82) is 0 Å². The summed E-state index contributed by atoms with van der Waals surface area (Å²) in [5, 5.41) is 9.87. The minimum Gasteiger partial charge on any atom is -0.481 e. The minimum atomic E-state index is -0.907. The van der Waals surface area contributed by atoms with Crippen LogP contribution in [0.4, 0.5) is 11.4 Å². The molecular weight excluding hydrogens is 530 g/mol. The molecule has 9 heteroatoms. The van der Waals surface area contributed by atoms with Gasteiger partial charge in [-0.25, -0.2) is 4.98 Å². The van der Waals surface area contributed by atoms with Gasteiger partial charge in [0.15, 0.2) is 0 Å². The highest BCUT2D eigenvalue weighted by Gasteiger charge is 2.39. The molecule has 0 bridgehead atoms. The number of hydrogen-bond donors (Lipinski definition) is 1. The van der Waals surface area contributed by atoms with Crippen molar-refractivity contribution in [2.75, 3.05) is 23.0 Å². The number of pyridine rings is 1. The van der Waals surface area contributed by atoms with Crippen molar-refractivity contribution in [2.24, 2.45) is 5.41 Å². The lowest BCUT2D eigenvalue weighted by molar-refractivity contribution is -0.147. The quantitative estimate of drug-likeness (QED) is 0.333. The van der Waals surface area contributed by atoms with Crippen LogP contribution < -0.4 is 14.5 Å². The number of aliphatic carboxylic acids is 1. The first-order valence-corrected chi connectivity index (χ1v) is 13.7.